The minimum atomic E-state index is -0.166. The Hall–Kier alpha value is -2.40. The highest BCUT2D eigenvalue weighted by Crippen LogP contribution is 2.14. The van der Waals surface area contributed by atoms with Gasteiger partial charge in [0.2, 0.25) is 5.91 Å². The molecule has 0 aliphatic carbocycles. The normalized spacial score (nSPS) is 15.2. The quantitative estimate of drug-likeness (QED) is 0.905. The number of anilines is 1. The van der Waals surface area contributed by atoms with Crippen molar-refractivity contribution >= 4 is 11.6 Å². The van der Waals surface area contributed by atoms with E-state index in [1.807, 2.05) is 31.2 Å². The average molecular weight is 325 g/mol. The summed E-state index contributed by atoms with van der Waals surface area (Å²) in [6.07, 6.45) is 3.38. The number of aromatic nitrogens is 1. The Morgan fingerprint density at radius 2 is 1.92 bits per heavy atom. The van der Waals surface area contributed by atoms with Crippen LogP contribution in [-0.2, 0) is 11.3 Å². The van der Waals surface area contributed by atoms with Gasteiger partial charge in [-0.3, -0.25) is 9.59 Å². The largest absolute Gasteiger partial charge is 0.321 e. The molecule has 0 atom stereocenters. The van der Waals surface area contributed by atoms with E-state index in [0.29, 0.717) is 12.2 Å². The van der Waals surface area contributed by atoms with Gasteiger partial charge in [0.05, 0.1) is 6.54 Å². The second kappa shape index (κ2) is 7.45. The van der Waals surface area contributed by atoms with Gasteiger partial charge in [0.1, 0.15) is 5.69 Å². The number of aryl methyl sites for hydroxylation is 1. The van der Waals surface area contributed by atoms with Gasteiger partial charge in [0.15, 0.2) is 0 Å². The summed E-state index contributed by atoms with van der Waals surface area (Å²) < 4.78 is 1.63. The first-order valence-electron chi connectivity index (χ1n) is 8.40. The molecule has 3 rings (SSSR count). The second-order valence-corrected chi connectivity index (χ2v) is 6.35. The van der Waals surface area contributed by atoms with E-state index in [0.717, 1.165) is 31.5 Å². The molecule has 1 aromatic heterocycles. The van der Waals surface area contributed by atoms with Gasteiger partial charge in [-0.05, 0) is 50.6 Å². The smallest absolute Gasteiger partial charge is 0.274 e. The van der Waals surface area contributed by atoms with E-state index in [2.05, 4.69) is 10.6 Å². The van der Waals surface area contributed by atoms with Crippen LogP contribution in [0, 0.1) is 12.8 Å². The fourth-order valence-electron chi connectivity index (χ4n) is 2.97. The Morgan fingerprint density at radius 3 is 2.62 bits per heavy atom. The summed E-state index contributed by atoms with van der Waals surface area (Å²) in [4.78, 5) is 24.9. The van der Waals surface area contributed by atoms with Crippen LogP contribution in [0.1, 0.15) is 24.0 Å². The topological polar surface area (TPSA) is 63.1 Å². The number of carbonyl (C=O) groups is 1. The van der Waals surface area contributed by atoms with E-state index in [1.165, 1.54) is 5.56 Å². The van der Waals surface area contributed by atoms with Crippen molar-refractivity contribution in [3.05, 3.63) is 64.1 Å². The molecule has 0 radical (unpaired) electrons. The van der Waals surface area contributed by atoms with Gasteiger partial charge in [-0.1, -0.05) is 29.8 Å². The third-order valence-electron chi connectivity index (χ3n) is 4.46. The molecular weight excluding hydrogens is 302 g/mol. The predicted molar refractivity (Wildman–Crippen MR) is 95.2 cm³/mol. The van der Waals surface area contributed by atoms with Crippen LogP contribution < -0.4 is 16.2 Å². The zero-order valence-corrected chi connectivity index (χ0v) is 13.9. The van der Waals surface area contributed by atoms with Crippen molar-refractivity contribution in [1.82, 2.24) is 9.88 Å². The van der Waals surface area contributed by atoms with Crippen molar-refractivity contribution in [1.29, 1.82) is 0 Å². The molecule has 1 aromatic carbocycles. The molecule has 1 fully saturated rings. The maximum Gasteiger partial charge on any atom is 0.274 e. The summed E-state index contributed by atoms with van der Waals surface area (Å²) in [6.45, 7) is 4.23. The van der Waals surface area contributed by atoms with E-state index < -0.39 is 0 Å². The zero-order chi connectivity index (χ0) is 16.9. The number of benzene rings is 1. The van der Waals surface area contributed by atoms with Gasteiger partial charge in [0.25, 0.3) is 5.56 Å². The van der Waals surface area contributed by atoms with Crippen LogP contribution in [0.15, 0.2) is 47.4 Å². The fraction of sp³-hybridized carbons (Fsp3) is 0.368. The lowest BCUT2D eigenvalue weighted by molar-refractivity contribution is -0.120. The summed E-state index contributed by atoms with van der Waals surface area (Å²) in [5, 5.41) is 6.05. The summed E-state index contributed by atoms with van der Waals surface area (Å²) >= 11 is 0. The third-order valence-corrected chi connectivity index (χ3v) is 4.46. The molecule has 1 aliphatic heterocycles. The van der Waals surface area contributed by atoms with Crippen molar-refractivity contribution in [3.63, 3.8) is 0 Å². The van der Waals surface area contributed by atoms with Gasteiger partial charge in [-0.15, -0.1) is 0 Å². The molecule has 0 saturated carbocycles. The molecule has 0 unspecified atom stereocenters. The Balaban J connectivity index is 1.74. The number of rotatable bonds is 4. The maximum absolute atomic E-state index is 12.6. The molecule has 5 heteroatoms. The van der Waals surface area contributed by atoms with Crippen LogP contribution in [0.3, 0.4) is 0 Å². The number of hydrogen-bond donors (Lipinski definition) is 2. The van der Waals surface area contributed by atoms with Crippen LogP contribution in [0.5, 0.6) is 0 Å². The van der Waals surface area contributed by atoms with Gasteiger partial charge in [-0.2, -0.15) is 0 Å². The number of amides is 1. The lowest BCUT2D eigenvalue weighted by Gasteiger charge is -2.21. The molecule has 0 spiro atoms. The van der Waals surface area contributed by atoms with Crippen molar-refractivity contribution < 1.29 is 4.79 Å². The van der Waals surface area contributed by atoms with Crippen LogP contribution in [0.4, 0.5) is 5.69 Å². The number of hydrogen-bond acceptors (Lipinski definition) is 3. The third kappa shape index (κ3) is 3.92. The molecule has 1 saturated heterocycles. The first-order valence-corrected chi connectivity index (χ1v) is 8.40. The van der Waals surface area contributed by atoms with Gasteiger partial charge in [-0.25, -0.2) is 0 Å². The van der Waals surface area contributed by atoms with Crippen molar-refractivity contribution in [2.24, 2.45) is 5.92 Å². The molecule has 5 nitrogen and oxygen atoms in total. The molecule has 2 heterocycles. The minimum Gasteiger partial charge on any atom is -0.321 e. The lowest BCUT2D eigenvalue weighted by Crippen LogP contribution is -2.36. The highest BCUT2D eigenvalue weighted by Gasteiger charge is 2.21. The van der Waals surface area contributed by atoms with E-state index in [1.54, 1.807) is 22.9 Å². The van der Waals surface area contributed by atoms with Gasteiger partial charge >= 0.3 is 0 Å². The van der Waals surface area contributed by atoms with Crippen molar-refractivity contribution in [2.45, 2.75) is 26.3 Å². The first kappa shape index (κ1) is 16.5. The summed E-state index contributed by atoms with van der Waals surface area (Å²) in [6, 6.07) is 11.6. The number of piperidine rings is 1. The van der Waals surface area contributed by atoms with Crippen LogP contribution >= 0.6 is 0 Å². The summed E-state index contributed by atoms with van der Waals surface area (Å²) in [7, 11) is 0. The Bertz CT molecular complexity index is 759. The molecule has 1 amide bonds. The Kier molecular flexibility index (Phi) is 5.11. The van der Waals surface area contributed by atoms with Gasteiger partial charge in [0, 0.05) is 12.1 Å². The molecule has 2 aromatic rings. The first-order chi connectivity index (χ1) is 11.6. The van der Waals surface area contributed by atoms with Gasteiger partial charge < -0.3 is 15.2 Å². The molecule has 2 N–H and O–H groups in total. The maximum atomic E-state index is 12.6. The van der Waals surface area contributed by atoms with Crippen LogP contribution in [0.25, 0.3) is 0 Å². The zero-order valence-electron chi connectivity index (χ0n) is 13.9. The highest BCUT2D eigenvalue weighted by molar-refractivity contribution is 5.92. The summed E-state index contributed by atoms with van der Waals surface area (Å²) in [5.74, 6) is -0.0712. The molecule has 24 heavy (non-hydrogen) atoms. The van der Waals surface area contributed by atoms with Crippen molar-refractivity contribution in [3.8, 4) is 0 Å². The van der Waals surface area contributed by atoms with E-state index in [-0.39, 0.29) is 17.4 Å². The summed E-state index contributed by atoms with van der Waals surface area (Å²) in [5.41, 5.74) is 2.44. The number of nitrogens with one attached hydrogen (secondary N) is 2. The highest BCUT2D eigenvalue weighted by atomic mass is 16.2. The van der Waals surface area contributed by atoms with E-state index in [4.69, 9.17) is 0 Å². The standard InChI is InChI=1S/C19H23N3O2/c1-14-4-6-15(7-5-14)13-22-12-2-3-17(19(22)24)21-18(23)16-8-10-20-11-9-16/h2-7,12,16,20H,8-11,13H2,1H3,(H,21,23). The predicted octanol–water partition coefficient (Wildman–Crippen LogP) is 2.14. The SMILES string of the molecule is Cc1ccc(Cn2cccc(NC(=O)C3CCNCC3)c2=O)cc1. The molecule has 0 bridgehead atoms. The minimum absolute atomic E-state index is 0.0172. The monoisotopic (exact) mass is 325 g/mol. The van der Waals surface area contributed by atoms with Crippen LogP contribution in [0.2, 0.25) is 0 Å². The molecule has 126 valence electrons. The Labute approximate surface area is 141 Å². The number of carbonyl (C=O) groups excluding carboxylic acids is 1. The fourth-order valence-corrected chi connectivity index (χ4v) is 2.97. The van der Waals surface area contributed by atoms with Crippen LogP contribution in [-0.4, -0.2) is 23.6 Å². The lowest BCUT2D eigenvalue weighted by atomic mass is 9.97. The Morgan fingerprint density at radius 1 is 1.21 bits per heavy atom. The second-order valence-electron chi connectivity index (χ2n) is 6.35. The number of pyridine rings is 1. The number of nitrogens with zero attached hydrogens (tertiary/aromatic N) is 1. The molecular formula is C19H23N3O2. The van der Waals surface area contributed by atoms with E-state index in [9.17, 15) is 9.59 Å². The molecule has 1 aliphatic rings. The van der Waals surface area contributed by atoms with Crippen molar-refractivity contribution in [2.75, 3.05) is 18.4 Å². The van der Waals surface area contributed by atoms with E-state index >= 15 is 0 Å². The average Bonchev–Trinajstić information content (AvgIpc) is 2.61.